The van der Waals surface area contributed by atoms with Gasteiger partial charge in [-0.15, -0.1) is 0 Å². The summed E-state index contributed by atoms with van der Waals surface area (Å²) in [4.78, 5) is 6.97. The van der Waals surface area contributed by atoms with E-state index in [0.717, 1.165) is 37.1 Å². The molecule has 0 amide bonds. The number of aromatic nitrogens is 2. The van der Waals surface area contributed by atoms with Gasteiger partial charge in [0.1, 0.15) is 11.9 Å². The van der Waals surface area contributed by atoms with Gasteiger partial charge < -0.3 is 9.64 Å². The van der Waals surface area contributed by atoms with Crippen LogP contribution < -0.4 is 4.90 Å². The van der Waals surface area contributed by atoms with Gasteiger partial charge in [0.2, 0.25) is 5.13 Å². The van der Waals surface area contributed by atoms with Crippen molar-refractivity contribution in [1.82, 2.24) is 9.36 Å². The van der Waals surface area contributed by atoms with Gasteiger partial charge >= 0.3 is 0 Å². The van der Waals surface area contributed by atoms with Crippen molar-refractivity contribution in [3.63, 3.8) is 0 Å². The molecular weight excluding hydrogens is 290 g/mol. The first-order valence-corrected chi connectivity index (χ1v) is 8.65. The Kier molecular flexibility index (Phi) is 4.33. The van der Waals surface area contributed by atoms with Gasteiger partial charge in [0.15, 0.2) is 0 Å². The third-order valence-electron chi connectivity index (χ3n) is 3.30. The quantitative estimate of drug-likeness (QED) is 0.868. The highest BCUT2D eigenvalue weighted by molar-refractivity contribution is 7.09. The summed E-state index contributed by atoms with van der Waals surface area (Å²) < 4.78 is 10.3. The molecule has 1 fully saturated rings. The van der Waals surface area contributed by atoms with Crippen molar-refractivity contribution in [2.75, 3.05) is 24.6 Å². The second kappa shape index (κ2) is 6.20. The molecule has 0 aromatic carbocycles. The van der Waals surface area contributed by atoms with Gasteiger partial charge in [-0.25, -0.2) is 4.98 Å². The number of rotatable bonds is 4. The Balaban J connectivity index is 1.69. The molecule has 0 saturated carbocycles. The average Bonchev–Trinajstić information content (AvgIpc) is 3.09. The molecular formula is C14H19N3OS2. The third kappa shape index (κ3) is 3.19. The van der Waals surface area contributed by atoms with Crippen LogP contribution in [0.25, 0.3) is 0 Å². The Bertz CT molecular complexity index is 538. The molecule has 1 saturated heterocycles. The second-order valence-electron chi connectivity index (χ2n) is 5.45. The number of nitrogens with zero attached hydrogens (tertiary/aromatic N) is 3. The average molecular weight is 309 g/mol. The Morgan fingerprint density at radius 1 is 1.50 bits per heavy atom. The van der Waals surface area contributed by atoms with Crippen LogP contribution in [0.5, 0.6) is 0 Å². The molecule has 0 bridgehead atoms. The lowest BCUT2D eigenvalue weighted by Crippen LogP contribution is -2.38. The Hall–Kier alpha value is -0.980. The van der Waals surface area contributed by atoms with E-state index >= 15 is 0 Å². The first kappa shape index (κ1) is 14.0. The highest BCUT2D eigenvalue weighted by Crippen LogP contribution is 2.28. The van der Waals surface area contributed by atoms with Gasteiger partial charge in [-0.3, -0.25) is 0 Å². The van der Waals surface area contributed by atoms with Gasteiger partial charge in [-0.2, -0.15) is 15.7 Å². The summed E-state index contributed by atoms with van der Waals surface area (Å²) in [6, 6.07) is 2.14. The molecule has 1 aliphatic heterocycles. The molecule has 108 valence electrons. The molecule has 3 heterocycles. The molecule has 3 rings (SSSR count). The van der Waals surface area contributed by atoms with Crippen molar-refractivity contribution in [2.24, 2.45) is 5.92 Å². The maximum atomic E-state index is 5.87. The Morgan fingerprint density at radius 2 is 2.40 bits per heavy atom. The molecule has 0 unspecified atom stereocenters. The molecule has 1 atom stereocenters. The number of thiophene rings is 1. The lowest BCUT2D eigenvalue weighted by Gasteiger charge is -2.32. The lowest BCUT2D eigenvalue weighted by molar-refractivity contribution is 0.0400. The molecule has 6 heteroatoms. The first-order chi connectivity index (χ1) is 9.72. The SMILES string of the molecule is CC(C)Cc1nsc(N2CCO[C@H](c3ccsc3)C2)n1. The zero-order valence-electron chi connectivity index (χ0n) is 11.8. The summed E-state index contributed by atoms with van der Waals surface area (Å²) in [6.07, 6.45) is 1.11. The van der Waals surface area contributed by atoms with Crippen LogP contribution in [0.3, 0.4) is 0 Å². The number of hydrogen-bond donors (Lipinski definition) is 0. The number of hydrogen-bond acceptors (Lipinski definition) is 6. The van der Waals surface area contributed by atoms with Crippen LogP contribution >= 0.6 is 22.9 Å². The van der Waals surface area contributed by atoms with Gasteiger partial charge in [-0.05, 0) is 28.3 Å². The maximum absolute atomic E-state index is 5.87. The maximum Gasteiger partial charge on any atom is 0.205 e. The molecule has 2 aromatic rings. The molecule has 0 spiro atoms. The van der Waals surface area contributed by atoms with Gasteiger partial charge in [0.05, 0.1) is 13.2 Å². The Labute approximate surface area is 127 Å². The van der Waals surface area contributed by atoms with E-state index in [9.17, 15) is 0 Å². The van der Waals surface area contributed by atoms with E-state index in [1.165, 1.54) is 17.1 Å². The van der Waals surface area contributed by atoms with E-state index in [4.69, 9.17) is 4.74 Å². The molecule has 0 radical (unpaired) electrons. The van der Waals surface area contributed by atoms with Crippen molar-refractivity contribution in [2.45, 2.75) is 26.4 Å². The topological polar surface area (TPSA) is 38.2 Å². The standard InChI is InChI=1S/C14H19N3OS2/c1-10(2)7-13-15-14(20-16-13)17-4-5-18-12(8-17)11-3-6-19-9-11/h3,6,9-10,12H,4-5,7-8H2,1-2H3/t12-/m0/s1. The second-order valence-corrected chi connectivity index (χ2v) is 6.96. The van der Waals surface area contributed by atoms with Crippen LogP contribution in [0.2, 0.25) is 0 Å². The van der Waals surface area contributed by atoms with Crippen molar-refractivity contribution in [1.29, 1.82) is 0 Å². The van der Waals surface area contributed by atoms with Crippen molar-refractivity contribution < 1.29 is 4.74 Å². The first-order valence-electron chi connectivity index (χ1n) is 6.93. The van der Waals surface area contributed by atoms with Crippen LogP contribution in [-0.4, -0.2) is 29.1 Å². The molecule has 4 nitrogen and oxygen atoms in total. The van der Waals surface area contributed by atoms with Gasteiger partial charge in [0.25, 0.3) is 0 Å². The molecule has 0 aliphatic carbocycles. The highest BCUT2D eigenvalue weighted by Gasteiger charge is 2.24. The minimum Gasteiger partial charge on any atom is -0.370 e. The van der Waals surface area contributed by atoms with E-state index in [0.29, 0.717) is 5.92 Å². The largest absolute Gasteiger partial charge is 0.370 e. The van der Waals surface area contributed by atoms with E-state index in [2.05, 4.69) is 44.9 Å². The molecule has 0 N–H and O–H groups in total. The van der Waals surface area contributed by atoms with Gasteiger partial charge in [0, 0.05) is 24.5 Å². The number of anilines is 1. The highest BCUT2D eigenvalue weighted by atomic mass is 32.1. The molecule has 20 heavy (non-hydrogen) atoms. The minimum atomic E-state index is 0.160. The normalized spacial score (nSPS) is 19.8. The van der Waals surface area contributed by atoms with E-state index in [1.807, 2.05) is 0 Å². The third-order valence-corrected chi connectivity index (χ3v) is 4.82. The zero-order chi connectivity index (χ0) is 13.9. The van der Waals surface area contributed by atoms with Crippen LogP contribution in [0.1, 0.15) is 31.3 Å². The Morgan fingerprint density at radius 3 is 3.15 bits per heavy atom. The smallest absolute Gasteiger partial charge is 0.205 e. The van der Waals surface area contributed by atoms with Crippen LogP contribution in [0.4, 0.5) is 5.13 Å². The van der Waals surface area contributed by atoms with E-state index in [-0.39, 0.29) is 6.10 Å². The molecule has 1 aliphatic rings. The van der Waals surface area contributed by atoms with E-state index < -0.39 is 0 Å². The van der Waals surface area contributed by atoms with Crippen LogP contribution in [-0.2, 0) is 11.2 Å². The summed E-state index contributed by atoms with van der Waals surface area (Å²) >= 11 is 3.23. The molecule has 2 aromatic heterocycles. The van der Waals surface area contributed by atoms with Crippen molar-refractivity contribution >= 4 is 28.0 Å². The van der Waals surface area contributed by atoms with Crippen LogP contribution in [0, 0.1) is 5.92 Å². The number of ether oxygens (including phenoxy) is 1. The predicted molar refractivity (Wildman–Crippen MR) is 83.7 cm³/mol. The summed E-state index contributed by atoms with van der Waals surface area (Å²) in [6.45, 7) is 6.91. The number of morpholine rings is 1. The minimum absolute atomic E-state index is 0.160. The lowest BCUT2D eigenvalue weighted by atomic mass is 10.1. The summed E-state index contributed by atoms with van der Waals surface area (Å²) in [7, 11) is 0. The summed E-state index contributed by atoms with van der Waals surface area (Å²) in [5, 5.41) is 5.30. The summed E-state index contributed by atoms with van der Waals surface area (Å²) in [5.74, 6) is 1.57. The fourth-order valence-corrected chi connectivity index (χ4v) is 3.74. The van der Waals surface area contributed by atoms with Gasteiger partial charge in [-0.1, -0.05) is 13.8 Å². The fourth-order valence-electron chi connectivity index (χ4n) is 2.30. The fraction of sp³-hybridized carbons (Fsp3) is 0.571. The monoisotopic (exact) mass is 309 g/mol. The van der Waals surface area contributed by atoms with Crippen molar-refractivity contribution in [3.8, 4) is 0 Å². The summed E-state index contributed by atoms with van der Waals surface area (Å²) in [5.41, 5.74) is 1.27. The van der Waals surface area contributed by atoms with E-state index in [1.54, 1.807) is 11.3 Å². The van der Waals surface area contributed by atoms with Crippen molar-refractivity contribution in [3.05, 3.63) is 28.2 Å². The zero-order valence-corrected chi connectivity index (χ0v) is 13.4. The predicted octanol–water partition coefficient (Wildman–Crippen LogP) is 3.38. The van der Waals surface area contributed by atoms with Crippen LogP contribution in [0.15, 0.2) is 16.8 Å².